The molecule has 8 heavy (non-hydrogen) atoms. The maximum atomic E-state index is 10.1. The van der Waals surface area contributed by atoms with E-state index in [0.717, 1.165) is 0 Å². The minimum Gasteiger partial charge on any atom is -0.430 e. The first-order chi connectivity index (χ1) is 3.66. The van der Waals surface area contributed by atoms with Crippen molar-refractivity contribution >= 4 is 29.2 Å². The molecule has 0 aromatic heterocycles. The predicted molar refractivity (Wildman–Crippen MR) is 30.6 cm³/mol. The fraction of sp³-hybridized carbons (Fsp3) is 0.667. The summed E-state index contributed by atoms with van der Waals surface area (Å²) in [5.41, 5.74) is 4.83. The summed E-state index contributed by atoms with van der Waals surface area (Å²) in [6.07, 6.45) is 0. The molecule has 0 aliphatic rings. The topological polar surface area (TPSA) is 52.3 Å². The van der Waals surface area contributed by atoms with Gasteiger partial charge in [-0.15, -0.1) is 0 Å². The summed E-state index contributed by atoms with van der Waals surface area (Å²) in [4.78, 5) is 10.1. The second-order valence-electron chi connectivity index (χ2n) is 0.955. The highest BCUT2D eigenvalue weighted by Crippen LogP contribution is 2.01. The highest BCUT2D eigenvalue weighted by atomic mass is 35.5. The summed E-state index contributed by atoms with van der Waals surface area (Å²) in [5.74, 6) is -0.611. The van der Waals surface area contributed by atoms with E-state index < -0.39 is 11.0 Å². The van der Waals surface area contributed by atoms with Gasteiger partial charge in [-0.3, -0.25) is 4.79 Å². The van der Waals surface area contributed by atoms with Crippen LogP contribution < -0.4 is 5.73 Å². The Balaban J connectivity index is 3.25. The van der Waals surface area contributed by atoms with Gasteiger partial charge in [-0.1, -0.05) is 23.2 Å². The maximum Gasteiger partial charge on any atom is 0.322 e. The fourth-order valence-electron chi connectivity index (χ4n) is 0.147. The fourth-order valence-corrected chi connectivity index (χ4v) is 0.346. The number of carbonyl (C=O) groups is 1. The normalized spacial score (nSPS) is 9.50. The van der Waals surface area contributed by atoms with Crippen molar-refractivity contribution in [3.05, 3.63) is 0 Å². The van der Waals surface area contributed by atoms with E-state index in [1.54, 1.807) is 0 Å². The smallest absolute Gasteiger partial charge is 0.322 e. The number of nitrogens with two attached hydrogens (primary N) is 1. The predicted octanol–water partition coefficient (Wildman–Crippen LogP) is 0.249. The molecular formula is C3H5Cl2NO2. The van der Waals surface area contributed by atoms with Crippen LogP contribution in [-0.4, -0.2) is 17.5 Å². The van der Waals surface area contributed by atoms with Crippen molar-refractivity contribution in [1.29, 1.82) is 0 Å². The highest BCUT2D eigenvalue weighted by Gasteiger charge is 2.03. The van der Waals surface area contributed by atoms with Crippen LogP contribution in [0.2, 0.25) is 0 Å². The van der Waals surface area contributed by atoms with E-state index in [2.05, 4.69) is 4.74 Å². The Morgan fingerprint density at radius 2 is 2.25 bits per heavy atom. The lowest BCUT2D eigenvalue weighted by molar-refractivity contribution is -0.141. The first-order valence-corrected chi connectivity index (χ1v) is 2.72. The van der Waals surface area contributed by atoms with Gasteiger partial charge in [-0.05, 0) is 0 Å². The monoisotopic (exact) mass is 157 g/mol. The summed E-state index contributed by atoms with van der Waals surface area (Å²) in [6.45, 7) is -0.198. The third kappa shape index (κ3) is 4.18. The quantitative estimate of drug-likeness (QED) is 0.462. The zero-order valence-electron chi connectivity index (χ0n) is 3.93. The summed E-state index contributed by atoms with van der Waals surface area (Å²) in [6, 6.07) is 0. The van der Waals surface area contributed by atoms with Crippen LogP contribution in [0.25, 0.3) is 0 Å². The van der Waals surface area contributed by atoms with Crippen LogP contribution in [0.5, 0.6) is 0 Å². The molecule has 2 N–H and O–H groups in total. The molecule has 0 amide bonds. The molecule has 0 heterocycles. The van der Waals surface area contributed by atoms with E-state index in [1.807, 2.05) is 0 Å². The molecule has 0 aromatic carbocycles. The van der Waals surface area contributed by atoms with Crippen molar-refractivity contribution in [2.75, 3.05) is 6.54 Å². The summed E-state index contributed by atoms with van der Waals surface area (Å²) < 4.78 is 4.17. The number of esters is 1. The van der Waals surface area contributed by atoms with Crippen LogP contribution in [0.4, 0.5) is 0 Å². The molecule has 0 rings (SSSR count). The molecule has 0 aliphatic carbocycles. The Morgan fingerprint density at radius 1 is 1.75 bits per heavy atom. The number of hydrogen-bond donors (Lipinski definition) is 1. The van der Waals surface area contributed by atoms with Crippen molar-refractivity contribution in [3.8, 4) is 0 Å². The van der Waals surface area contributed by atoms with Gasteiger partial charge in [0, 0.05) is 0 Å². The number of alkyl halides is 2. The van der Waals surface area contributed by atoms with Crippen molar-refractivity contribution < 1.29 is 9.53 Å². The molecule has 48 valence electrons. The van der Waals surface area contributed by atoms with Crippen LogP contribution in [0.1, 0.15) is 0 Å². The SMILES string of the molecule is NCC(=O)OC(Cl)Cl. The zero-order chi connectivity index (χ0) is 6.57. The standard InChI is InChI=1S/C3H5Cl2NO2/c4-3(5)8-2(7)1-6/h3H,1,6H2. The Morgan fingerprint density at radius 3 is 2.38 bits per heavy atom. The Bertz CT molecular complexity index is 85.4. The molecule has 0 spiro atoms. The number of carbonyl (C=O) groups excluding carboxylic acids is 1. The van der Waals surface area contributed by atoms with Gasteiger partial charge in [0.05, 0.1) is 6.54 Å². The molecule has 0 radical (unpaired) electrons. The molecule has 0 saturated heterocycles. The minimum atomic E-state index is -1.11. The molecule has 3 nitrogen and oxygen atoms in total. The van der Waals surface area contributed by atoms with E-state index >= 15 is 0 Å². The summed E-state index contributed by atoms with van der Waals surface area (Å²) in [7, 11) is 0. The molecule has 0 saturated carbocycles. The van der Waals surface area contributed by atoms with Gasteiger partial charge < -0.3 is 10.5 Å². The van der Waals surface area contributed by atoms with E-state index in [9.17, 15) is 4.79 Å². The van der Waals surface area contributed by atoms with Crippen LogP contribution in [0.15, 0.2) is 0 Å². The number of rotatable bonds is 2. The van der Waals surface area contributed by atoms with Crippen molar-refractivity contribution in [1.82, 2.24) is 0 Å². The molecule has 0 fully saturated rings. The lowest BCUT2D eigenvalue weighted by Gasteiger charge is -1.99. The van der Waals surface area contributed by atoms with Crippen LogP contribution in [0.3, 0.4) is 0 Å². The Hall–Kier alpha value is 0.01000. The van der Waals surface area contributed by atoms with Gasteiger partial charge in [0.1, 0.15) is 0 Å². The second-order valence-corrected chi connectivity index (χ2v) is 1.97. The van der Waals surface area contributed by atoms with Gasteiger partial charge in [0.25, 0.3) is 5.02 Å². The van der Waals surface area contributed by atoms with E-state index in [1.165, 1.54) is 0 Å². The van der Waals surface area contributed by atoms with E-state index in [0.29, 0.717) is 0 Å². The lowest BCUT2D eigenvalue weighted by Crippen LogP contribution is -2.18. The Kier molecular flexibility index (Phi) is 3.95. The van der Waals surface area contributed by atoms with Gasteiger partial charge in [0.2, 0.25) is 0 Å². The number of halogens is 2. The highest BCUT2D eigenvalue weighted by molar-refractivity contribution is 6.43. The summed E-state index contributed by atoms with van der Waals surface area (Å²) >= 11 is 10.0. The average molecular weight is 158 g/mol. The molecule has 0 atom stereocenters. The van der Waals surface area contributed by atoms with E-state index in [-0.39, 0.29) is 6.54 Å². The molecule has 0 aliphatic heterocycles. The van der Waals surface area contributed by atoms with Crippen molar-refractivity contribution in [2.45, 2.75) is 5.02 Å². The van der Waals surface area contributed by atoms with Crippen molar-refractivity contribution in [3.63, 3.8) is 0 Å². The first kappa shape index (κ1) is 8.01. The first-order valence-electron chi connectivity index (χ1n) is 1.84. The third-order valence-corrected chi connectivity index (χ3v) is 0.565. The van der Waals surface area contributed by atoms with Crippen LogP contribution in [-0.2, 0) is 9.53 Å². The number of ether oxygens (including phenoxy) is 1. The molecular weight excluding hydrogens is 153 g/mol. The van der Waals surface area contributed by atoms with Crippen molar-refractivity contribution in [2.24, 2.45) is 5.73 Å². The number of hydrogen-bond acceptors (Lipinski definition) is 3. The minimum absolute atomic E-state index is 0.198. The van der Waals surface area contributed by atoms with Crippen LogP contribution in [0, 0.1) is 0 Å². The average Bonchev–Trinajstić information content (AvgIpc) is 1.65. The molecule has 5 heteroatoms. The summed E-state index contributed by atoms with van der Waals surface area (Å²) in [5, 5.41) is -1.11. The van der Waals surface area contributed by atoms with Gasteiger partial charge in [-0.2, -0.15) is 0 Å². The zero-order valence-corrected chi connectivity index (χ0v) is 5.45. The maximum absolute atomic E-state index is 10.1. The lowest BCUT2D eigenvalue weighted by atomic mass is 10.7. The molecule has 0 bridgehead atoms. The van der Waals surface area contributed by atoms with E-state index in [4.69, 9.17) is 28.9 Å². The van der Waals surface area contributed by atoms with Gasteiger partial charge in [0.15, 0.2) is 0 Å². The van der Waals surface area contributed by atoms with Gasteiger partial charge in [-0.25, -0.2) is 0 Å². The molecule has 0 unspecified atom stereocenters. The molecule has 0 aromatic rings. The Labute approximate surface area is 56.7 Å². The largest absolute Gasteiger partial charge is 0.430 e. The van der Waals surface area contributed by atoms with Crippen LogP contribution >= 0.6 is 23.2 Å². The second kappa shape index (κ2) is 3.95. The van der Waals surface area contributed by atoms with Gasteiger partial charge >= 0.3 is 5.97 Å². The third-order valence-electron chi connectivity index (χ3n) is 0.387.